The molecule has 1 aromatic carbocycles. The fraction of sp³-hybridized carbons (Fsp3) is 0.417. The Balaban J connectivity index is 1.96. The molecule has 1 N–H and O–H groups in total. The Morgan fingerprint density at radius 1 is 1.37 bits per heavy atom. The van der Waals surface area contributed by atoms with E-state index >= 15 is 0 Å². The van der Waals surface area contributed by atoms with Gasteiger partial charge in [0.25, 0.3) is 5.91 Å². The van der Waals surface area contributed by atoms with Crippen LogP contribution in [0.1, 0.15) is 19.4 Å². The van der Waals surface area contributed by atoms with Crippen LogP contribution in [-0.2, 0) is 20.0 Å². The lowest BCUT2D eigenvalue weighted by Gasteiger charge is -2.16. The number of nitrogens with one attached hydrogen (secondary N) is 1. The maximum atomic E-state index is 13.7. The lowest BCUT2D eigenvalue weighted by molar-refractivity contribution is -0.139. The second-order valence-corrected chi connectivity index (χ2v) is 5.35. The van der Waals surface area contributed by atoms with Crippen molar-refractivity contribution in [2.75, 3.05) is 11.9 Å². The van der Waals surface area contributed by atoms with Crippen molar-refractivity contribution in [1.82, 2.24) is 0 Å². The number of alkyl halides is 2. The predicted octanol–water partition coefficient (Wildman–Crippen LogP) is 1.25. The van der Waals surface area contributed by atoms with Gasteiger partial charge in [-0.1, -0.05) is 12.1 Å². The number of amides is 1. The molecular formula is C12H12BF2NO3. The quantitative estimate of drug-likeness (QED) is 0.779. The molecule has 0 saturated carbocycles. The SMILES string of the molecule is CC1(C)COB(c2ccc3c(c2)C(F)(F)C(=O)N3)O1. The van der Waals surface area contributed by atoms with Gasteiger partial charge in [0.1, 0.15) is 0 Å². The molecule has 19 heavy (non-hydrogen) atoms. The predicted molar refractivity (Wildman–Crippen MR) is 65.5 cm³/mol. The van der Waals surface area contributed by atoms with E-state index in [1.807, 2.05) is 13.8 Å². The first-order chi connectivity index (χ1) is 8.79. The molecule has 0 aliphatic carbocycles. The molecule has 1 amide bonds. The Morgan fingerprint density at radius 2 is 2.11 bits per heavy atom. The normalized spacial score (nSPS) is 23.4. The lowest BCUT2D eigenvalue weighted by atomic mass is 9.78. The molecule has 1 saturated heterocycles. The van der Waals surface area contributed by atoms with Crippen LogP contribution in [0.15, 0.2) is 18.2 Å². The van der Waals surface area contributed by atoms with Crippen LogP contribution in [0.3, 0.4) is 0 Å². The molecule has 0 bridgehead atoms. The molecule has 0 unspecified atom stereocenters. The highest BCUT2D eigenvalue weighted by Gasteiger charge is 2.49. The standard InChI is InChI=1S/C12H12BF2NO3/c1-11(2)6-18-13(19-11)7-3-4-9-8(5-7)12(14,15)10(17)16-9/h3-5H,6H2,1-2H3,(H,16,17). The van der Waals surface area contributed by atoms with Crippen LogP contribution in [0.5, 0.6) is 0 Å². The molecule has 1 aromatic rings. The number of anilines is 1. The van der Waals surface area contributed by atoms with Crippen LogP contribution in [0.4, 0.5) is 14.5 Å². The minimum absolute atomic E-state index is 0.135. The molecule has 0 radical (unpaired) electrons. The second-order valence-electron chi connectivity index (χ2n) is 5.35. The van der Waals surface area contributed by atoms with Crippen molar-refractivity contribution < 1.29 is 22.9 Å². The monoisotopic (exact) mass is 267 g/mol. The minimum Gasteiger partial charge on any atom is -0.404 e. The van der Waals surface area contributed by atoms with Gasteiger partial charge >= 0.3 is 13.0 Å². The van der Waals surface area contributed by atoms with E-state index in [0.717, 1.165) is 0 Å². The first-order valence-corrected chi connectivity index (χ1v) is 5.93. The maximum Gasteiger partial charge on any atom is 0.494 e. The van der Waals surface area contributed by atoms with E-state index in [0.29, 0.717) is 12.1 Å². The lowest BCUT2D eigenvalue weighted by Crippen LogP contribution is -2.35. The third kappa shape index (κ3) is 1.93. The number of hydrogen-bond acceptors (Lipinski definition) is 3. The van der Waals surface area contributed by atoms with Gasteiger partial charge in [-0.3, -0.25) is 4.79 Å². The molecular weight excluding hydrogens is 255 g/mol. The summed E-state index contributed by atoms with van der Waals surface area (Å²) in [6.07, 6.45) is 0. The van der Waals surface area contributed by atoms with E-state index in [-0.39, 0.29) is 11.3 Å². The summed E-state index contributed by atoms with van der Waals surface area (Å²) in [7, 11) is -0.674. The third-order valence-electron chi connectivity index (χ3n) is 3.20. The average molecular weight is 267 g/mol. The van der Waals surface area contributed by atoms with E-state index in [2.05, 4.69) is 5.32 Å². The van der Waals surface area contributed by atoms with Crippen LogP contribution < -0.4 is 10.8 Å². The van der Waals surface area contributed by atoms with Gasteiger partial charge in [-0.15, -0.1) is 0 Å². The Bertz CT molecular complexity index is 562. The summed E-state index contributed by atoms with van der Waals surface area (Å²) >= 11 is 0. The largest absolute Gasteiger partial charge is 0.494 e. The topological polar surface area (TPSA) is 47.6 Å². The molecule has 2 aliphatic rings. The maximum absolute atomic E-state index is 13.7. The van der Waals surface area contributed by atoms with Crippen molar-refractivity contribution in [3.63, 3.8) is 0 Å². The van der Waals surface area contributed by atoms with Gasteiger partial charge in [0.15, 0.2) is 0 Å². The van der Waals surface area contributed by atoms with E-state index in [1.54, 1.807) is 6.07 Å². The molecule has 1 fully saturated rings. The second kappa shape index (κ2) is 3.77. The van der Waals surface area contributed by atoms with Gasteiger partial charge in [-0.2, -0.15) is 8.78 Å². The van der Waals surface area contributed by atoms with E-state index in [4.69, 9.17) is 9.31 Å². The highest BCUT2D eigenvalue weighted by Crippen LogP contribution is 2.39. The van der Waals surface area contributed by atoms with Crippen molar-refractivity contribution >= 4 is 24.2 Å². The van der Waals surface area contributed by atoms with Crippen molar-refractivity contribution in [3.8, 4) is 0 Å². The first kappa shape index (κ1) is 12.6. The van der Waals surface area contributed by atoms with Gasteiger partial charge in [-0.05, 0) is 25.4 Å². The minimum atomic E-state index is -3.50. The van der Waals surface area contributed by atoms with Crippen molar-refractivity contribution in [3.05, 3.63) is 23.8 Å². The molecule has 2 heterocycles. The molecule has 2 aliphatic heterocycles. The number of rotatable bonds is 1. The van der Waals surface area contributed by atoms with Crippen molar-refractivity contribution in [2.24, 2.45) is 0 Å². The number of carbonyl (C=O) groups is 1. The molecule has 0 aromatic heterocycles. The molecule has 3 rings (SSSR count). The van der Waals surface area contributed by atoms with Crippen LogP contribution in [-0.4, -0.2) is 25.2 Å². The van der Waals surface area contributed by atoms with E-state index in [1.165, 1.54) is 12.1 Å². The van der Waals surface area contributed by atoms with E-state index in [9.17, 15) is 13.6 Å². The number of carbonyl (C=O) groups excluding carboxylic acids is 1. The molecule has 100 valence electrons. The Labute approximate surface area is 109 Å². The Morgan fingerprint density at radius 3 is 2.74 bits per heavy atom. The van der Waals surface area contributed by atoms with Crippen molar-refractivity contribution in [1.29, 1.82) is 0 Å². The molecule has 0 atom stereocenters. The van der Waals surface area contributed by atoms with Gasteiger partial charge in [0, 0.05) is 0 Å². The number of benzene rings is 1. The Hall–Kier alpha value is -1.47. The molecule has 0 spiro atoms. The summed E-state index contributed by atoms with van der Waals surface area (Å²) in [5, 5.41) is 2.15. The number of fused-ring (bicyclic) bond motifs is 1. The third-order valence-corrected chi connectivity index (χ3v) is 3.20. The summed E-state index contributed by atoms with van der Waals surface area (Å²) in [5.74, 6) is -4.80. The Kier molecular flexibility index (Phi) is 2.49. The zero-order valence-corrected chi connectivity index (χ0v) is 10.5. The summed E-state index contributed by atoms with van der Waals surface area (Å²) in [5.41, 5.74) is -0.149. The summed E-state index contributed by atoms with van der Waals surface area (Å²) in [6.45, 7) is 4.11. The molecule has 4 nitrogen and oxygen atoms in total. The van der Waals surface area contributed by atoms with Gasteiger partial charge < -0.3 is 14.6 Å². The smallest absolute Gasteiger partial charge is 0.404 e. The van der Waals surface area contributed by atoms with Crippen LogP contribution in [0, 0.1) is 0 Å². The zero-order valence-electron chi connectivity index (χ0n) is 10.5. The van der Waals surface area contributed by atoms with Crippen LogP contribution in [0.2, 0.25) is 0 Å². The highest BCUT2D eigenvalue weighted by molar-refractivity contribution is 6.62. The number of halogens is 2. The van der Waals surface area contributed by atoms with Gasteiger partial charge in [-0.25, -0.2) is 0 Å². The van der Waals surface area contributed by atoms with Gasteiger partial charge in [0.2, 0.25) is 0 Å². The van der Waals surface area contributed by atoms with E-state index < -0.39 is 24.5 Å². The molecule has 7 heteroatoms. The van der Waals surface area contributed by atoms with Crippen LogP contribution >= 0.6 is 0 Å². The summed E-state index contributed by atoms with van der Waals surface area (Å²) < 4.78 is 38.4. The van der Waals surface area contributed by atoms with Crippen LogP contribution in [0.25, 0.3) is 0 Å². The fourth-order valence-electron chi connectivity index (χ4n) is 2.20. The summed E-state index contributed by atoms with van der Waals surface area (Å²) in [4.78, 5) is 11.2. The highest BCUT2D eigenvalue weighted by atomic mass is 19.3. The summed E-state index contributed by atoms with van der Waals surface area (Å²) in [6, 6.07) is 4.33. The average Bonchev–Trinajstić information content (AvgIpc) is 2.79. The fourth-order valence-corrected chi connectivity index (χ4v) is 2.20. The zero-order chi connectivity index (χ0) is 13.8. The van der Waals surface area contributed by atoms with Gasteiger partial charge in [0.05, 0.1) is 23.5 Å². The number of hydrogen-bond donors (Lipinski definition) is 1. The first-order valence-electron chi connectivity index (χ1n) is 5.93. The van der Waals surface area contributed by atoms with Crippen molar-refractivity contribution in [2.45, 2.75) is 25.4 Å².